The van der Waals surface area contributed by atoms with E-state index in [0.717, 1.165) is 31.4 Å². The van der Waals surface area contributed by atoms with Crippen LogP contribution < -0.4 is 0 Å². The maximum Gasteiger partial charge on any atom is 0.150 e. The molecule has 1 aliphatic carbocycles. The number of halogens is 2. The van der Waals surface area contributed by atoms with E-state index in [1.54, 1.807) is 12.1 Å². The van der Waals surface area contributed by atoms with Crippen molar-refractivity contribution in [1.29, 1.82) is 5.26 Å². The highest BCUT2D eigenvalue weighted by atomic mass is 35.5. The fraction of sp³-hybridized carbons (Fsp3) is 0.333. The zero-order chi connectivity index (χ0) is 14.1. The van der Waals surface area contributed by atoms with Crippen LogP contribution in [0.4, 0.5) is 4.39 Å². The Bertz CT molecular complexity index is 681. The van der Waals surface area contributed by atoms with Crippen molar-refractivity contribution in [3.63, 3.8) is 0 Å². The summed E-state index contributed by atoms with van der Waals surface area (Å²) in [5.41, 5.74) is 1.71. The summed E-state index contributed by atoms with van der Waals surface area (Å²) in [4.78, 5) is 0. The quantitative estimate of drug-likeness (QED) is 0.831. The van der Waals surface area contributed by atoms with E-state index in [2.05, 4.69) is 11.2 Å². The molecule has 0 amide bonds. The number of aromatic nitrogens is 2. The Hall–Kier alpha value is -1.86. The molecule has 0 spiro atoms. The summed E-state index contributed by atoms with van der Waals surface area (Å²) < 4.78 is 14.8. The summed E-state index contributed by atoms with van der Waals surface area (Å²) in [5.74, 6) is -0.0630. The van der Waals surface area contributed by atoms with Crippen molar-refractivity contribution in [2.75, 3.05) is 0 Å². The van der Waals surface area contributed by atoms with Gasteiger partial charge in [0.1, 0.15) is 17.4 Å². The fourth-order valence-electron chi connectivity index (χ4n) is 2.78. The van der Waals surface area contributed by atoms with Crippen molar-refractivity contribution in [1.82, 2.24) is 9.78 Å². The summed E-state index contributed by atoms with van der Waals surface area (Å²) in [7, 11) is 0. The number of hydrogen-bond acceptors (Lipinski definition) is 2. The molecule has 1 aromatic carbocycles. The van der Waals surface area contributed by atoms with Gasteiger partial charge < -0.3 is 0 Å². The Morgan fingerprint density at radius 1 is 1.35 bits per heavy atom. The highest BCUT2D eigenvalue weighted by Crippen LogP contribution is 2.37. The number of nitrogens with zero attached hydrogens (tertiary/aromatic N) is 3. The highest BCUT2D eigenvalue weighted by Gasteiger charge is 2.26. The molecular weight excluding hydrogens is 277 g/mol. The van der Waals surface area contributed by atoms with Gasteiger partial charge in [-0.15, -0.1) is 0 Å². The molecule has 5 heteroatoms. The van der Waals surface area contributed by atoms with Crippen molar-refractivity contribution >= 4 is 11.6 Å². The van der Waals surface area contributed by atoms with E-state index >= 15 is 0 Å². The maximum atomic E-state index is 13.3. The first-order chi connectivity index (χ1) is 9.70. The second-order valence-corrected chi connectivity index (χ2v) is 5.39. The lowest BCUT2D eigenvalue weighted by molar-refractivity contribution is 0.624. The van der Waals surface area contributed by atoms with Crippen molar-refractivity contribution < 1.29 is 4.39 Å². The molecule has 0 N–H and O–H groups in total. The van der Waals surface area contributed by atoms with E-state index in [-0.39, 0.29) is 16.9 Å². The number of rotatable bonds is 2. The van der Waals surface area contributed by atoms with Gasteiger partial charge >= 0.3 is 0 Å². The van der Waals surface area contributed by atoms with Crippen molar-refractivity contribution in [3.8, 4) is 11.8 Å². The van der Waals surface area contributed by atoms with Crippen molar-refractivity contribution in [2.45, 2.75) is 31.6 Å². The first-order valence-corrected chi connectivity index (χ1v) is 7.03. The minimum absolute atomic E-state index is 0.264. The molecule has 0 radical (unpaired) electrons. The van der Waals surface area contributed by atoms with Gasteiger partial charge in [0.2, 0.25) is 0 Å². The molecule has 0 atom stereocenters. The van der Waals surface area contributed by atoms with Crippen LogP contribution in [0.25, 0.3) is 5.69 Å². The van der Waals surface area contributed by atoms with Gasteiger partial charge in [-0.1, -0.05) is 30.5 Å². The lowest BCUT2D eigenvalue weighted by Gasteiger charge is -2.05. The standard InChI is InChI=1S/C15H13ClFN3/c16-15-13(9-18)14(10-4-1-2-5-10)19-20(15)12-7-3-6-11(17)8-12/h3,6-8,10H,1-2,4-5H2. The van der Waals surface area contributed by atoms with Gasteiger partial charge in [-0.05, 0) is 31.0 Å². The van der Waals surface area contributed by atoms with E-state index in [0.29, 0.717) is 11.3 Å². The predicted octanol–water partition coefficient (Wildman–Crippen LogP) is 4.19. The van der Waals surface area contributed by atoms with E-state index < -0.39 is 0 Å². The average molecular weight is 290 g/mol. The van der Waals surface area contributed by atoms with Crippen LogP contribution in [0, 0.1) is 17.1 Å². The van der Waals surface area contributed by atoms with Gasteiger partial charge in [0.25, 0.3) is 0 Å². The Kier molecular flexibility index (Phi) is 3.45. The molecule has 0 aliphatic heterocycles. The molecule has 3 nitrogen and oxygen atoms in total. The van der Waals surface area contributed by atoms with Gasteiger partial charge in [-0.2, -0.15) is 10.4 Å². The van der Waals surface area contributed by atoms with Gasteiger partial charge in [0.15, 0.2) is 5.15 Å². The lowest BCUT2D eigenvalue weighted by atomic mass is 10.0. The molecule has 2 aromatic rings. The van der Waals surface area contributed by atoms with E-state index in [4.69, 9.17) is 11.6 Å². The normalized spacial score (nSPS) is 15.4. The Balaban J connectivity index is 2.11. The van der Waals surface area contributed by atoms with Crippen LogP contribution in [0.3, 0.4) is 0 Å². The first kappa shape index (κ1) is 13.1. The van der Waals surface area contributed by atoms with Crippen molar-refractivity contribution in [3.05, 3.63) is 46.5 Å². The third-order valence-electron chi connectivity index (χ3n) is 3.76. The van der Waals surface area contributed by atoms with Crippen LogP contribution >= 0.6 is 11.6 Å². The average Bonchev–Trinajstić information content (AvgIpc) is 3.05. The molecule has 1 aromatic heterocycles. The Morgan fingerprint density at radius 2 is 2.10 bits per heavy atom. The molecule has 0 bridgehead atoms. The van der Waals surface area contributed by atoms with E-state index in [1.807, 2.05) is 0 Å². The van der Waals surface area contributed by atoms with Crippen LogP contribution in [-0.4, -0.2) is 9.78 Å². The molecule has 3 rings (SSSR count). The summed E-state index contributed by atoms with van der Waals surface area (Å²) in [6, 6.07) is 8.19. The molecule has 1 aliphatic rings. The first-order valence-electron chi connectivity index (χ1n) is 6.65. The molecule has 0 unspecified atom stereocenters. The number of hydrogen-bond donors (Lipinski definition) is 0. The third kappa shape index (κ3) is 2.19. The van der Waals surface area contributed by atoms with Crippen LogP contribution in [0.2, 0.25) is 5.15 Å². The smallest absolute Gasteiger partial charge is 0.150 e. The molecular formula is C15H13ClFN3. The zero-order valence-corrected chi connectivity index (χ0v) is 11.6. The van der Waals surface area contributed by atoms with E-state index in [1.165, 1.54) is 16.8 Å². The zero-order valence-electron chi connectivity index (χ0n) is 10.8. The SMILES string of the molecule is N#Cc1c(C2CCCC2)nn(-c2cccc(F)c2)c1Cl. The summed E-state index contributed by atoms with van der Waals surface area (Å²) in [5, 5.41) is 14.0. The largest absolute Gasteiger partial charge is 0.220 e. The molecule has 1 heterocycles. The molecule has 0 saturated heterocycles. The summed E-state index contributed by atoms with van der Waals surface area (Å²) in [6.07, 6.45) is 4.37. The third-order valence-corrected chi connectivity index (χ3v) is 4.11. The van der Waals surface area contributed by atoms with E-state index in [9.17, 15) is 9.65 Å². The summed E-state index contributed by atoms with van der Waals surface area (Å²) in [6.45, 7) is 0. The van der Waals surface area contributed by atoms with Crippen molar-refractivity contribution in [2.24, 2.45) is 0 Å². The predicted molar refractivity (Wildman–Crippen MR) is 74.5 cm³/mol. The van der Waals surface area contributed by atoms with Crippen LogP contribution in [0.1, 0.15) is 42.9 Å². The minimum Gasteiger partial charge on any atom is -0.220 e. The maximum absolute atomic E-state index is 13.3. The Labute approximate surface area is 121 Å². The second-order valence-electron chi connectivity index (χ2n) is 5.04. The van der Waals surface area contributed by atoms with Crippen LogP contribution in [0.15, 0.2) is 24.3 Å². The highest BCUT2D eigenvalue weighted by molar-refractivity contribution is 6.31. The topological polar surface area (TPSA) is 41.6 Å². The van der Waals surface area contributed by atoms with Gasteiger partial charge in [0.05, 0.1) is 11.4 Å². The minimum atomic E-state index is -0.352. The van der Waals surface area contributed by atoms with Gasteiger partial charge in [-0.25, -0.2) is 9.07 Å². The summed E-state index contributed by atoms with van der Waals surface area (Å²) >= 11 is 6.25. The fourth-order valence-corrected chi connectivity index (χ4v) is 3.06. The molecule has 1 fully saturated rings. The Morgan fingerprint density at radius 3 is 2.75 bits per heavy atom. The number of nitriles is 1. The van der Waals surface area contributed by atoms with Crippen LogP contribution in [0.5, 0.6) is 0 Å². The molecule has 102 valence electrons. The molecule has 20 heavy (non-hydrogen) atoms. The molecule has 1 saturated carbocycles. The second kappa shape index (κ2) is 5.26. The number of benzene rings is 1. The van der Waals surface area contributed by atoms with Gasteiger partial charge in [0, 0.05) is 5.92 Å². The van der Waals surface area contributed by atoms with Gasteiger partial charge in [-0.3, -0.25) is 0 Å². The lowest BCUT2D eigenvalue weighted by Crippen LogP contribution is -2.00. The van der Waals surface area contributed by atoms with Crippen LogP contribution in [-0.2, 0) is 0 Å². The monoisotopic (exact) mass is 289 g/mol.